The summed E-state index contributed by atoms with van der Waals surface area (Å²) in [7, 11) is 0. The number of hydrogen-bond acceptors (Lipinski definition) is 2. The molecule has 22 heavy (non-hydrogen) atoms. The predicted molar refractivity (Wildman–Crippen MR) is 89.5 cm³/mol. The van der Waals surface area contributed by atoms with Gasteiger partial charge in [0.15, 0.2) is 5.82 Å². The average molecular weight is 285 g/mol. The lowest BCUT2D eigenvalue weighted by molar-refractivity contribution is 1.18. The van der Waals surface area contributed by atoms with Gasteiger partial charge in [-0.15, -0.1) is 0 Å². The Morgan fingerprint density at radius 2 is 1.73 bits per heavy atom. The lowest BCUT2D eigenvalue weighted by Gasteiger charge is -2.04. The maximum Gasteiger partial charge on any atom is 0.159 e. The van der Waals surface area contributed by atoms with E-state index >= 15 is 0 Å². The van der Waals surface area contributed by atoms with E-state index in [0.29, 0.717) is 0 Å². The van der Waals surface area contributed by atoms with Crippen LogP contribution in [0.5, 0.6) is 0 Å². The minimum absolute atomic E-state index is 0.752. The molecule has 0 amide bonds. The van der Waals surface area contributed by atoms with E-state index in [-0.39, 0.29) is 0 Å². The Hall–Kier alpha value is -2.94. The first-order valence-electron chi connectivity index (χ1n) is 7.28. The van der Waals surface area contributed by atoms with E-state index in [2.05, 4.69) is 53.3 Å². The normalized spacial score (nSPS) is 11.0. The molecule has 0 saturated heterocycles. The Morgan fingerprint density at radius 1 is 0.864 bits per heavy atom. The van der Waals surface area contributed by atoms with Crippen LogP contribution in [-0.4, -0.2) is 15.0 Å². The van der Waals surface area contributed by atoms with Crippen LogP contribution < -0.4 is 0 Å². The predicted octanol–water partition coefficient (Wildman–Crippen LogP) is 4.60. The molecule has 2 aromatic carbocycles. The third-order valence-corrected chi connectivity index (χ3v) is 3.74. The fraction of sp³-hybridized carbons (Fsp3) is 0.0526. The van der Waals surface area contributed by atoms with Crippen molar-refractivity contribution in [1.29, 1.82) is 0 Å². The summed E-state index contributed by atoms with van der Waals surface area (Å²) in [5, 5.41) is 1.18. The molecule has 2 heterocycles. The molecule has 3 heteroatoms. The molecule has 0 radical (unpaired) electrons. The topological polar surface area (TPSA) is 41.6 Å². The van der Waals surface area contributed by atoms with Gasteiger partial charge in [-0.05, 0) is 37.3 Å². The van der Waals surface area contributed by atoms with Gasteiger partial charge in [0.25, 0.3) is 0 Å². The molecule has 3 nitrogen and oxygen atoms in total. The zero-order chi connectivity index (χ0) is 14.9. The first-order valence-corrected chi connectivity index (χ1v) is 7.28. The number of rotatable bonds is 2. The van der Waals surface area contributed by atoms with Crippen LogP contribution in [0.15, 0.2) is 66.9 Å². The Bertz CT molecular complexity index is 939. The number of benzene rings is 2. The lowest BCUT2D eigenvalue weighted by Crippen LogP contribution is -1.91. The fourth-order valence-corrected chi connectivity index (χ4v) is 2.68. The highest BCUT2D eigenvalue weighted by Gasteiger charge is 2.06. The van der Waals surface area contributed by atoms with Crippen LogP contribution in [-0.2, 0) is 0 Å². The molecule has 0 atom stereocenters. The number of nitrogens with zero attached hydrogens (tertiary/aromatic N) is 2. The van der Waals surface area contributed by atoms with Crippen molar-refractivity contribution >= 4 is 10.9 Å². The second-order valence-corrected chi connectivity index (χ2v) is 5.39. The third-order valence-electron chi connectivity index (χ3n) is 3.74. The van der Waals surface area contributed by atoms with E-state index in [1.54, 1.807) is 0 Å². The molecular formula is C19H15N3. The van der Waals surface area contributed by atoms with Gasteiger partial charge >= 0.3 is 0 Å². The second-order valence-electron chi connectivity index (χ2n) is 5.39. The molecule has 4 rings (SSSR count). The van der Waals surface area contributed by atoms with Crippen molar-refractivity contribution in [2.24, 2.45) is 0 Å². The lowest BCUT2D eigenvalue weighted by atomic mass is 10.1. The largest absolute Gasteiger partial charge is 0.359 e. The van der Waals surface area contributed by atoms with E-state index in [9.17, 15) is 0 Å². The standard InChI is InChI=1S/C19H15N3/c1-13-11-16-12-15(7-8-17(16)21-13)19-20-10-9-18(22-19)14-5-3-2-4-6-14/h2-12,21H,1H3. The van der Waals surface area contributed by atoms with Crippen molar-refractivity contribution in [1.82, 2.24) is 15.0 Å². The number of H-pyrrole nitrogens is 1. The highest BCUT2D eigenvalue weighted by molar-refractivity contribution is 5.84. The minimum atomic E-state index is 0.752. The molecule has 0 aliphatic rings. The maximum atomic E-state index is 4.71. The fourth-order valence-electron chi connectivity index (χ4n) is 2.68. The average Bonchev–Trinajstić information content (AvgIpc) is 2.95. The van der Waals surface area contributed by atoms with Crippen LogP contribution >= 0.6 is 0 Å². The molecule has 0 aliphatic carbocycles. The zero-order valence-electron chi connectivity index (χ0n) is 12.2. The zero-order valence-corrected chi connectivity index (χ0v) is 12.2. The third kappa shape index (κ3) is 2.27. The van der Waals surface area contributed by atoms with Crippen LogP contribution in [0.3, 0.4) is 0 Å². The van der Waals surface area contributed by atoms with Crippen molar-refractivity contribution in [2.75, 3.05) is 0 Å². The highest BCUT2D eigenvalue weighted by atomic mass is 14.9. The van der Waals surface area contributed by atoms with Crippen molar-refractivity contribution in [3.8, 4) is 22.6 Å². The second kappa shape index (κ2) is 5.11. The van der Waals surface area contributed by atoms with Crippen LogP contribution in [0.1, 0.15) is 5.69 Å². The Kier molecular flexibility index (Phi) is 2.97. The molecule has 2 aromatic heterocycles. The highest BCUT2D eigenvalue weighted by Crippen LogP contribution is 2.24. The monoisotopic (exact) mass is 285 g/mol. The van der Waals surface area contributed by atoms with Crippen LogP contribution in [0.4, 0.5) is 0 Å². The Labute approximate surface area is 128 Å². The number of fused-ring (bicyclic) bond motifs is 1. The SMILES string of the molecule is Cc1cc2cc(-c3nccc(-c4ccccc4)n3)ccc2[nH]1. The van der Waals surface area contributed by atoms with Gasteiger partial charge in [0.2, 0.25) is 0 Å². The maximum absolute atomic E-state index is 4.71. The molecular weight excluding hydrogens is 270 g/mol. The van der Waals surface area contributed by atoms with E-state index < -0.39 is 0 Å². The number of aryl methyl sites for hydroxylation is 1. The smallest absolute Gasteiger partial charge is 0.159 e. The first-order chi connectivity index (χ1) is 10.8. The van der Waals surface area contributed by atoms with Gasteiger partial charge in [-0.1, -0.05) is 30.3 Å². The van der Waals surface area contributed by atoms with Crippen LogP contribution in [0.25, 0.3) is 33.5 Å². The number of hydrogen-bond donors (Lipinski definition) is 1. The number of aromatic amines is 1. The molecule has 0 unspecified atom stereocenters. The summed E-state index contributed by atoms with van der Waals surface area (Å²) >= 11 is 0. The van der Waals surface area contributed by atoms with Crippen LogP contribution in [0, 0.1) is 6.92 Å². The molecule has 0 aliphatic heterocycles. The molecule has 106 valence electrons. The molecule has 0 saturated carbocycles. The summed E-state index contributed by atoms with van der Waals surface area (Å²) in [5.41, 5.74) is 5.37. The quantitative estimate of drug-likeness (QED) is 0.584. The van der Waals surface area contributed by atoms with Crippen molar-refractivity contribution in [3.05, 3.63) is 72.6 Å². The summed E-state index contributed by atoms with van der Waals surface area (Å²) in [4.78, 5) is 12.5. The summed E-state index contributed by atoms with van der Waals surface area (Å²) < 4.78 is 0. The van der Waals surface area contributed by atoms with E-state index in [0.717, 1.165) is 33.9 Å². The van der Waals surface area contributed by atoms with Gasteiger partial charge in [0.1, 0.15) is 0 Å². The molecule has 0 bridgehead atoms. The van der Waals surface area contributed by atoms with Gasteiger partial charge in [0, 0.05) is 33.9 Å². The number of aromatic nitrogens is 3. The van der Waals surface area contributed by atoms with Crippen LogP contribution in [0.2, 0.25) is 0 Å². The Balaban J connectivity index is 1.81. The molecule has 4 aromatic rings. The van der Waals surface area contributed by atoms with Gasteiger partial charge in [0.05, 0.1) is 5.69 Å². The summed E-state index contributed by atoms with van der Waals surface area (Å²) in [6.07, 6.45) is 1.82. The van der Waals surface area contributed by atoms with Gasteiger partial charge in [-0.2, -0.15) is 0 Å². The van der Waals surface area contributed by atoms with Gasteiger partial charge in [-0.3, -0.25) is 0 Å². The molecule has 0 fully saturated rings. The van der Waals surface area contributed by atoms with Gasteiger partial charge in [-0.25, -0.2) is 9.97 Å². The molecule has 1 N–H and O–H groups in total. The number of nitrogens with one attached hydrogen (secondary N) is 1. The Morgan fingerprint density at radius 3 is 2.59 bits per heavy atom. The molecule has 0 spiro atoms. The van der Waals surface area contributed by atoms with E-state index in [4.69, 9.17) is 4.98 Å². The first kappa shape index (κ1) is 12.8. The van der Waals surface area contributed by atoms with Crippen molar-refractivity contribution in [3.63, 3.8) is 0 Å². The van der Waals surface area contributed by atoms with E-state index in [1.807, 2.05) is 30.5 Å². The summed E-state index contributed by atoms with van der Waals surface area (Å²) in [6.45, 7) is 2.06. The van der Waals surface area contributed by atoms with E-state index in [1.165, 1.54) is 5.39 Å². The van der Waals surface area contributed by atoms with Gasteiger partial charge < -0.3 is 4.98 Å². The minimum Gasteiger partial charge on any atom is -0.359 e. The van der Waals surface area contributed by atoms with Crippen molar-refractivity contribution in [2.45, 2.75) is 6.92 Å². The van der Waals surface area contributed by atoms with Crippen molar-refractivity contribution < 1.29 is 0 Å². The summed E-state index contributed by atoms with van der Waals surface area (Å²) in [5.74, 6) is 0.752. The summed E-state index contributed by atoms with van der Waals surface area (Å²) in [6, 6.07) is 20.5.